The standard InChI is InChI=1S/C12H19N/c1-10-12-8-4-3-6-11(12)7-5-9-13(10)2/h5,7,9-10,12H,3-4,6,8H2,1-2H3. The minimum Gasteiger partial charge on any atom is -0.377 e. The molecule has 0 spiro atoms. The number of hydrogen-bond donors (Lipinski definition) is 0. The third-order valence-corrected chi connectivity index (χ3v) is 3.56. The molecule has 1 aliphatic carbocycles. The lowest BCUT2D eigenvalue weighted by molar-refractivity contribution is 0.250. The van der Waals surface area contributed by atoms with Gasteiger partial charge in [-0.3, -0.25) is 0 Å². The molecular formula is C12H19N. The Balaban J connectivity index is 2.21. The van der Waals surface area contributed by atoms with Crippen LogP contribution in [0.5, 0.6) is 0 Å². The summed E-state index contributed by atoms with van der Waals surface area (Å²) < 4.78 is 0. The molecule has 0 bridgehead atoms. The van der Waals surface area contributed by atoms with Crippen molar-refractivity contribution in [3.8, 4) is 0 Å². The summed E-state index contributed by atoms with van der Waals surface area (Å²) in [4.78, 5) is 2.35. The van der Waals surface area contributed by atoms with Gasteiger partial charge in [0.05, 0.1) is 0 Å². The van der Waals surface area contributed by atoms with E-state index in [2.05, 4.69) is 37.2 Å². The van der Waals surface area contributed by atoms with Crippen LogP contribution in [0, 0.1) is 5.92 Å². The zero-order valence-corrected chi connectivity index (χ0v) is 8.66. The molecule has 1 aliphatic heterocycles. The fraction of sp³-hybridized carbons (Fsp3) is 0.667. The van der Waals surface area contributed by atoms with Crippen LogP contribution in [0.25, 0.3) is 0 Å². The molecule has 2 unspecified atom stereocenters. The Morgan fingerprint density at radius 2 is 2.23 bits per heavy atom. The Kier molecular flexibility index (Phi) is 2.43. The first kappa shape index (κ1) is 8.86. The SMILES string of the molecule is CC1C2CCCCC2=CC=CN1C. The van der Waals surface area contributed by atoms with Gasteiger partial charge in [0.25, 0.3) is 0 Å². The van der Waals surface area contributed by atoms with E-state index >= 15 is 0 Å². The minimum absolute atomic E-state index is 0.685. The van der Waals surface area contributed by atoms with Gasteiger partial charge in [0, 0.05) is 19.0 Å². The Hall–Kier alpha value is -0.720. The van der Waals surface area contributed by atoms with Crippen LogP contribution in [0.4, 0.5) is 0 Å². The smallest absolute Gasteiger partial charge is 0.0318 e. The average Bonchev–Trinajstić information content (AvgIpc) is 2.29. The maximum atomic E-state index is 2.35. The van der Waals surface area contributed by atoms with Gasteiger partial charge in [-0.1, -0.05) is 18.1 Å². The molecule has 0 N–H and O–H groups in total. The van der Waals surface area contributed by atoms with Gasteiger partial charge in [-0.2, -0.15) is 0 Å². The number of hydrogen-bond acceptors (Lipinski definition) is 1. The first-order valence-electron chi connectivity index (χ1n) is 5.38. The van der Waals surface area contributed by atoms with E-state index in [0.717, 1.165) is 5.92 Å². The van der Waals surface area contributed by atoms with E-state index < -0.39 is 0 Å². The Labute approximate surface area is 81.1 Å². The lowest BCUT2D eigenvalue weighted by Crippen LogP contribution is -2.33. The van der Waals surface area contributed by atoms with Crippen LogP contribution in [0.15, 0.2) is 23.9 Å². The molecule has 0 saturated heterocycles. The highest BCUT2D eigenvalue weighted by Crippen LogP contribution is 2.34. The molecule has 2 aliphatic rings. The fourth-order valence-electron chi connectivity index (χ4n) is 2.54. The number of rotatable bonds is 0. The number of fused-ring (bicyclic) bond motifs is 1. The van der Waals surface area contributed by atoms with Crippen molar-refractivity contribution in [2.75, 3.05) is 7.05 Å². The second-order valence-electron chi connectivity index (χ2n) is 4.34. The Bertz CT molecular complexity index is 240. The van der Waals surface area contributed by atoms with Gasteiger partial charge < -0.3 is 4.90 Å². The third-order valence-electron chi connectivity index (χ3n) is 3.56. The summed E-state index contributed by atoms with van der Waals surface area (Å²) in [6, 6.07) is 0.685. The van der Waals surface area contributed by atoms with Gasteiger partial charge >= 0.3 is 0 Å². The Morgan fingerprint density at radius 3 is 3.08 bits per heavy atom. The quantitative estimate of drug-likeness (QED) is 0.550. The zero-order chi connectivity index (χ0) is 9.26. The predicted octanol–water partition coefficient (Wildman–Crippen LogP) is 2.95. The minimum atomic E-state index is 0.685. The van der Waals surface area contributed by atoms with Crippen molar-refractivity contribution < 1.29 is 0 Å². The molecule has 0 aromatic heterocycles. The molecule has 72 valence electrons. The first-order chi connectivity index (χ1) is 6.29. The van der Waals surface area contributed by atoms with Gasteiger partial charge in [-0.25, -0.2) is 0 Å². The number of nitrogens with zero attached hydrogens (tertiary/aromatic N) is 1. The van der Waals surface area contributed by atoms with Crippen LogP contribution in [0.2, 0.25) is 0 Å². The van der Waals surface area contributed by atoms with E-state index in [0.29, 0.717) is 6.04 Å². The summed E-state index contributed by atoms with van der Waals surface area (Å²) in [5.74, 6) is 0.814. The van der Waals surface area contributed by atoms with Crippen LogP contribution >= 0.6 is 0 Å². The fourth-order valence-corrected chi connectivity index (χ4v) is 2.54. The van der Waals surface area contributed by atoms with Gasteiger partial charge in [-0.15, -0.1) is 0 Å². The normalized spacial score (nSPS) is 33.7. The molecule has 1 heterocycles. The summed E-state index contributed by atoms with van der Waals surface area (Å²) >= 11 is 0. The average molecular weight is 177 g/mol. The highest BCUT2D eigenvalue weighted by Gasteiger charge is 2.26. The highest BCUT2D eigenvalue weighted by molar-refractivity contribution is 5.21. The maximum absolute atomic E-state index is 2.35. The van der Waals surface area contributed by atoms with Crippen molar-refractivity contribution in [2.24, 2.45) is 5.92 Å². The molecule has 1 heteroatoms. The van der Waals surface area contributed by atoms with Crippen molar-refractivity contribution in [3.05, 3.63) is 23.9 Å². The van der Waals surface area contributed by atoms with Crippen LogP contribution in [-0.4, -0.2) is 18.0 Å². The second kappa shape index (κ2) is 3.57. The monoisotopic (exact) mass is 177 g/mol. The lowest BCUT2D eigenvalue weighted by atomic mass is 9.80. The van der Waals surface area contributed by atoms with Crippen LogP contribution in [0.3, 0.4) is 0 Å². The van der Waals surface area contributed by atoms with Gasteiger partial charge in [0.2, 0.25) is 0 Å². The maximum Gasteiger partial charge on any atom is 0.0318 e. The summed E-state index contributed by atoms with van der Waals surface area (Å²) in [5, 5.41) is 0. The molecule has 1 fully saturated rings. The van der Waals surface area contributed by atoms with Gasteiger partial charge in [0.15, 0.2) is 0 Å². The van der Waals surface area contributed by atoms with Crippen LogP contribution in [0.1, 0.15) is 32.6 Å². The molecule has 0 aromatic carbocycles. The molecule has 2 rings (SSSR count). The summed E-state index contributed by atoms with van der Waals surface area (Å²) in [7, 11) is 2.19. The molecule has 13 heavy (non-hydrogen) atoms. The second-order valence-corrected chi connectivity index (χ2v) is 4.34. The number of allylic oxidation sites excluding steroid dienone is 2. The molecule has 0 aromatic rings. The van der Waals surface area contributed by atoms with E-state index in [-0.39, 0.29) is 0 Å². The summed E-state index contributed by atoms with van der Waals surface area (Å²) in [5.41, 5.74) is 1.68. The molecule has 1 nitrogen and oxygen atoms in total. The van der Waals surface area contributed by atoms with E-state index in [4.69, 9.17) is 0 Å². The van der Waals surface area contributed by atoms with Crippen LogP contribution in [-0.2, 0) is 0 Å². The van der Waals surface area contributed by atoms with Crippen molar-refractivity contribution >= 4 is 0 Å². The van der Waals surface area contributed by atoms with Gasteiger partial charge in [-0.05, 0) is 38.5 Å². The molecular weight excluding hydrogens is 158 g/mol. The van der Waals surface area contributed by atoms with E-state index in [1.165, 1.54) is 25.7 Å². The van der Waals surface area contributed by atoms with E-state index in [1.807, 2.05) is 0 Å². The summed E-state index contributed by atoms with van der Waals surface area (Å²) in [6.45, 7) is 2.35. The van der Waals surface area contributed by atoms with Crippen molar-refractivity contribution in [1.29, 1.82) is 0 Å². The molecule has 0 radical (unpaired) electrons. The van der Waals surface area contributed by atoms with E-state index in [9.17, 15) is 0 Å². The third kappa shape index (κ3) is 1.65. The van der Waals surface area contributed by atoms with Crippen molar-refractivity contribution in [2.45, 2.75) is 38.6 Å². The summed E-state index contributed by atoms with van der Waals surface area (Å²) in [6.07, 6.45) is 12.3. The van der Waals surface area contributed by atoms with E-state index in [1.54, 1.807) is 5.57 Å². The first-order valence-corrected chi connectivity index (χ1v) is 5.38. The molecule has 0 amide bonds. The van der Waals surface area contributed by atoms with Crippen molar-refractivity contribution in [1.82, 2.24) is 4.90 Å². The molecule has 1 saturated carbocycles. The Morgan fingerprint density at radius 1 is 1.38 bits per heavy atom. The largest absolute Gasteiger partial charge is 0.377 e. The highest BCUT2D eigenvalue weighted by atomic mass is 15.1. The zero-order valence-electron chi connectivity index (χ0n) is 8.66. The topological polar surface area (TPSA) is 3.24 Å². The van der Waals surface area contributed by atoms with Crippen LogP contribution < -0.4 is 0 Å². The lowest BCUT2D eigenvalue weighted by Gasteiger charge is -2.34. The predicted molar refractivity (Wildman–Crippen MR) is 56.4 cm³/mol. The van der Waals surface area contributed by atoms with Gasteiger partial charge in [0.1, 0.15) is 0 Å². The molecule has 2 atom stereocenters. The van der Waals surface area contributed by atoms with Crippen molar-refractivity contribution in [3.63, 3.8) is 0 Å².